The van der Waals surface area contributed by atoms with Crippen LogP contribution in [-0.2, 0) is 12.8 Å². The molecule has 0 bridgehead atoms. The third-order valence-corrected chi connectivity index (χ3v) is 3.45. The van der Waals surface area contributed by atoms with E-state index in [9.17, 15) is 4.39 Å². The van der Waals surface area contributed by atoms with Gasteiger partial charge in [0.2, 0.25) is 0 Å². The maximum absolute atomic E-state index is 13.2. The SMILES string of the molecule is CC1(C)CCc2nc3ccc(F)cn3c2C1. The van der Waals surface area contributed by atoms with E-state index in [1.54, 1.807) is 12.3 Å². The molecule has 1 aliphatic carbocycles. The fourth-order valence-corrected chi connectivity index (χ4v) is 2.50. The summed E-state index contributed by atoms with van der Waals surface area (Å²) in [7, 11) is 0. The summed E-state index contributed by atoms with van der Waals surface area (Å²) >= 11 is 0. The second kappa shape index (κ2) is 3.06. The second-order valence-electron chi connectivity index (χ2n) is 5.42. The normalized spacial score (nSPS) is 18.7. The van der Waals surface area contributed by atoms with Crippen molar-refractivity contribution in [2.45, 2.75) is 33.1 Å². The fraction of sp³-hybridized carbons (Fsp3) is 0.462. The highest BCUT2D eigenvalue weighted by Gasteiger charge is 2.28. The van der Waals surface area contributed by atoms with E-state index in [0.29, 0.717) is 5.41 Å². The van der Waals surface area contributed by atoms with Crippen molar-refractivity contribution in [2.24, 2.45) is 5.41 Å². The molecule has 3 rings (SSSR count). The number of fused-ring (bicyclic) bond motifs is 3. The van der Waals surface area contributed by atoms with E-state index in [1.165, 1.54) is 11.8 Å². The average Bonchev–Trinajstić information content (AvgIpc) is 2.55. The van der Waals surface area contributed by atoms with Crippen LogP contribution in [0, 0.1) is 11.2 Å². The van der Waals surface area contributed by atoms with Gasteiger partial charge in [-0.1, -0.05) is 13.8 Å². The highest BCUT2D eigenvalue weighted by atomic mass is 19.1. The lowest BCUT2D eigenvalue weighted by Crippen LogP contribution is -2.22. The summed E-state index contributed by atoms with van der Waals surface area (Å²) in [6.07, 6.45) is 4.69. The van der Waals surface area contributed by atoms with Gasteiger partial charge < -0.3 is 4.40 Å². The Kier molecular flexibility index (Phi) is 1.88. The van der Waals surface area contributed by atoms with Gasteiger partial charge in [0, 0.05) is 11.9 Å². The van der Waals surface area contributed by atoms with Crippen molar-refractivity contribution in [3.63, 3.8) is 0 Å². The fourth-order valence-electron chi connectivity index (χ4n) is 2.50. The Hall–Kier alpha value is -1.38. The number of hydrogen-bond donors (Lipinski definition) is 0. The lowest BCUT2D eigenvalue weighted by atomic mass is 9.78. The summed E-state index contributed by atoms with van der Waals surface area (Å²) in [4.78, 5) is 4.56. The lowest BCUT2D eigenvalue weighted by Gasteiger charge is -2.28. The van der Waals surface area contributed by atoms with Crippen LogP contribution >= 0.6 is 0 Å². The maximum Gasteiger partial charge on any atom is 0.139 e. The predicted molar refractivity (Wildman–Crippen MR) is 61.0 cm³/mol. The van der Waals surface area contributed by atoms with Crippen LogP contribution in [0.3, 0.4) is 0 Å². The minimum absolute atomic E-state index is 0.198. The van der Waals surface area contributed by atoms with Gasteiger partial charge in [0.15, 0.2) is 0 Å². The monoisotopic (exact) mass is 218 g/mol. The third kappa shape index (κ3) is 1.42. The van der Waals surface area contributed by atoms with E-state index in [1.807, 2.05) is 4.40 Å². The maximum atomic E-state index is 13.2. The van der Waals surface area contributed by atoms with E-state index in [0.717, 1.165) is 30.6 Å². The van der Waals surface area contributed by atoms with Gasteiger partial charge in [-0.05, 0) is 36.8 Å². The predicted octanol–water partition coefficient (Wildman–Crippen LogP) is 2.99. The Morgan fingerprint density at radius 2 is 2.19 bits per heavy atom. The number of nitrogens with zero attached hydrogens (tertiary/aromatic N) is 2. The molecular formula is C13H15FN2. The molecular weight excluding hydrogens is 203 g/mol. The van der Waals surface area contributed by atoms with Crippen molar-refractivity contribution in [3.05, 3.63) is 35.5 Å². The molecule has 0 fully saturated rings. The number of aromatic nitrogens is 2. The number of aryl methyl sites for hydroxylation is 1. The summed E-state index contributed by atoms with van der Waals surface area (Å²) in [5.41, 5.74) is 3.50. The minimum Gasteiger partial charge on any atom is -0.301 e. The molecule has 2 nitrogen and oxygen atoms in total. The van der Waals surface area contributed by atoms with Crippen LogP contribution in [0.15, 0.2) is 18.3 Å². The molecule has 0 amide bonds. The Morgan fingerprint density at radius 3 is 3.00 bits per heavy atom. The molecule has 0 aromatic carbocycles. The molecule has 16 heavy (non-hydrogen) atoms. The first kappa shape index (κ1) is 9.82. The molecule has 84 valence electrons. The number of rotatable bonds is 0. The molecule has 0 atom stereocenters. The molecule has 2 heterocycles. The van der Waals surface area contributed by atoms with E-state index >= 15 is 0 Å². The quantitative estimate of drug-likeness (QED) is 0.664. The van der Waals surface area contributed by atoms with Crippen molar-refractivity contribution in [1.82, 2.24) is 9.38 Å². The highest BCUT2D eigenvalue weighted by molar-refractivity contribution is 5.44. The Balaban J connectivity index is 2.23. The van der Waals surface area contributed by atoms with Gasteiger partial charge >= 0.3 is 0 Å². The number of pyridine rings is 1. The second-order valence-corrected chi connectivity index (χ2v) is 5.42. The molecule has 0 radical (unpaired) electrons. The van der Waals surface area contributed by atoms with E-state index in [4.69, 9.17) is 0 Å². The molecule has 0 saturated carbocycles. The lowest BCUT2D eigenvalue weighted by molar-refractivity contribution is 0.308. The van der Waals surface area contributed by atoms with Crippen LogP contribution < -0.4 is 0 Å². The van der Waals surface area contributed by atoms with Gasteiger partial charge in [-0.3, -0.25) is 0 Å². The largest absolute Gasteiger partial charge is 0.301 e. The van der Waals surface area contributed by atoms with Gasteiger partial charge in [0.1, 0.15) is 11.5 Å². The summed E-state index contributed by atoms with van der Waals surface area (Å²) in [6, 6.07) is 3.22. The molecule has 0 saturated heterocycles. The molecule has 0 N–H and O–H groups in total. The smallest absolute Gasteiger partial charge is 0.139 e. The molecule has 3 heteroatoms. The van der Waals surface area contributed by atoms with Gasteiger partial charge in [0.25, 0.3) is 0 Å². The Labute approximate surface area is 94.1 Å². The molecule has 1 aliphatic rings. The van der Waals surface area contributed by atoms with Gasteiger partial charge in [-0.2, -0.15) is 0 Å². The molecule has 0 unspecified atom stereocenters. The molecule has 0 aliphatic heterocycles. The van der Waals surface area contributed by atoms with Crippen LogP contribution in [0.25, 0.3) is 5.65 Å². The summed E-state index contributed by atoms with van der Waals surface area (Å²) in [5, 5.41) is 0. The van der Waals surface area contributed by atoms with Crippen molar-refractivity contribution >= 4 is 5.65 Å². The summed E-state index contributed by atoms with van der Waals surface area (Å²) in [5.74, 6) is -0.198. The summed E-state index contributed by atoms with van der Waals surface area (Å²) in [6.45, 7) is 4.52. The van der Waals surface area contributed by atoms with E-state index < -0.39 is 0 Å². The topological polar surface area (TPSA) is 17.3 Å². The van der Waals surface area contributed by atoms with Crippen LogP contribution in [0.1, 0.15) is 31.7 Å². The third-order valence-electron chi connectivity index (χ3n) is 3.45. The minimum atomic E-state index is -0.198. The van der Waals surface area contributed by atoms with Crippen molar-refractivity contribution < 1.29 is 4.39 Å². The molecule has 2 aromatic heterocycles. The Morgan fingerprint density at radius 1 is 1.38 bits per heavy atom. The van der Waals surface area contributed by atoms with E-state index in [-0.39, 0.29) is 5.82 Å². The zero-order valence-corrected chi connectivity index (χ0v) is 9.63. The van der Waals surface area contributed by atoms with Crippen molar-refractivity contribution in [1.29, 1.82) is 0 Å². The first-order valence-electron chi connectivity index (χ1n) is 5.71. The number of halogens is 1. The van der Waals surface area contributed by atoms with Crippen molar-refractivity contribution in [2.75, 3.05) is 0 Å². The van der Waals surface area contributed by atoms with Gasteiger partial charge in [0.05, 0.1) is 5.69 Å². The number of hydrogen-bond acceptors (Lipinski definition) is 1. The van der Waals surface area contributed by atoms with Crippen LogP contribution in [-0.4, -0.2) is 9.38 Å². The zero-order valence-electron chi connectivity index (χ0n) is 9.63. The van der Waals surface area contributed by atoms with Crippen molar-refractivity contribution in [3.8, 4) is 0 Å². The van der Waals surface area contributed by atoms with Crippen LogP contribution in [0.2, 0.25) is 0 Å². The number of imidazole rings is 1. The van der Waals surface area contributed by atoms with E-state index in [2.05, 4.69) is 18.8 Å². The summed E-state index contributed by atoms with van der Waals surface area (Å²) < 4.78 is 15.1. The van der Waals surface area contributed by atoms with Gasteiger partial charge in [-0.15, -0.1) is 0 Å². The standard InChI is InChI=1S/C13H15FN2/c1-13(2)6-5-10-11(7-13)16-8-9(14)3-4-12(16)15-10/h3-4,8H,5-7H2,1-2H3. The molecule has 2 aromatic rings. The van der Waals surface area contributed by atoms with Crippen LogP contribution in [0.4, 0.5) is 4.39 Å². The highest BCUT2D eigenvalue weighted by Crippen LogP contribution is 2.34. The Bertz CT molecular complexity index is 554. The molecule has 0 spiro atoms. The first-order chi connectivity index (χ1) is 7.55. The van der Waals surface area contributed by atoms with Crippen LogP contribution in [0.5, 0.6) is 0 Å². The average molecular weight is 218 g/mol. The zero-order chi connectivity index (χ0) is 11.3. The first-order valence-corrected chi connectivity index (χ1v) is 5.71. The van der Waals surface area contributed by atoms with Gasteiger partial charge in [-0.25, -0.2) is 9.37 Å².